The van der Waals surface area contributed by atoms with E-state index in [2.05, 4.69) is 41.6 Å². The normalized spacial score (nSPS) is 11.1. The number of aromatic nitrogens is 2. The van der Waals surface area contributed by atoms with E-state index >= 15 is 0 Å². The highest BCUT2D eigenvalue weighted by Gasteiger charge is 2.12. The minimum absolute atomic E-state index is 0.0466. The van der Waals surface area contributed by atoms with Crippen molar-refractivity contribution in [3.8, 4) is 0 Å². The average Bonchev–Trinajstić information content (AvgIpc) is 2.63. The number of thioether (sulfide) groups is 1. The standard InChI is InChI=1S/C20H21IN2OS/c1-2-3-7-12-25-20-22-18-11-10-16(21)13-17(18)19(24)23(20)14-15-8-5-4-6-9-15/h4-6,8-11,13H,2-3,7,12,14H2,1H3. The number of hydrogen-bond donors (Lipinski definition) is 0. The number of unbranched alkanes of at least 4 members (excludes halogenated alkanes) is 2. The van der Waals surface area contributed by atoms with Gasteiger partial charge in [0.15, 0.2) is 5.16 Å². The molecule has 0 radical (unpaired) electrons. The zero-order valence-electron chi connectivity index (χ0n) is 14.2. The maximum atomic E-state index is 13.1. The lowest BCUT2D eigenvalue weighted by molar-refractivity contribution is 0.657. The molecule has 25 heavy (non-hydrogen) atoms. The molecule has 0 spiro atoms. The Hall–Kier alpha value is -1.34. The van der Waals surface area contributed by atoms with Crippen LogP contribution in [0.15, 0.2) is 58.5 Å². The summed E-state index contributed by atoms with van der Waals surface area (Å²) >= 11 is 3.93. The zero-order valence-corrected chi connectivity index (χ0v) is 17.2. The van der Waals surface area contributed by atoms with Crippen molar-refractivity contribution < 1.29 is 0 Å². The number of rotatable bonds is 7. The number of hydrogen-bond acceptors (Lipinski definition) is 3. The van der Waals surface area contributed by atoms with Gasteiger partial charge < -0.3 is 0 Å². The van der Waals surface area contributed by atoms with Crippen molar-refractivity contribution in [3.05, 3.63) is 68.0 Å². The molecule has 3 nitrogen and oxygen atoms in total. The molecular weight excluding hydrogens is 443 g/mol. The van der Waals surface area contributed by atoms with Gasteiger partial charge in [0, 0.05) is 9.32 Å². The van der Waals surface area contributed by atoms with E-state index in [4.69, 9.17) is 4.98 Å². The molecule has 0 unspecified atom stereocenters. The molecule has 1 heterocycles. The fraction of sp³-hybridized carbons (Fsp3) is 0.300. The first-order chi connectivity index (χ1) is 12.2. The first-order valence-electron chi connectivity index (χ1n) is 8.56. The summed E-state index contributed by atoms with van der Waals surface area (Å²) in [7, 11) is 0. The smallest absolute Gasteiger partial charge is 0.262 e. The van der Waals surface area contributed by atoms with Gasteiger partial charge >= 0.3 is 0 Å². The van der Waals surface area contributed by atoms with Crippen LogP contribution in [-0.2, 0) is 6.54 Å². The molecule has 0 aliphatic carbocycles. The Bertz CT molecular complexity index is 909. The maximum absolute atomic E-state index is 13.1. The lowest BCUT2D eigenvalue weighted by Gasteiger charge is -2.13. The summed E-state index contributed by atoms with van der Waals surface area (Å²) in [6, 6.07) is 16.0. The number of fused-ring (bicyclic) bond motifs is 1. The minimum atomic E-state index is 0.0466. The van der Waals surface area contributed by atoms with Crippen LogP contribution in [0.1, 0.15) is 31.7 Å². The van der Waals surface area contributed by atoms with E-state index in [1.165, 1.54) is 12.8 Å². The van der Waals surface area contributed by atoms with Gasteiger partial charge in [-0.3, -0.25) is 9.36 Å². The molecule has 1 aromatic heterocycles. The highest BCUT2D eigenvalue weighted by molar-refractivity contribution is 14.1. The highest BCUT2D eigenvalue weighted by Crippen LogP contribution is 2.21. The van der Waals surface area contributed by atoms with E-state index in [-0.39, 0.29) is 5.56 Å². The summed E-state index contributed by atoms with van der Waals surface area (Å²) in [6.07, 6.45) is 3.55. The number of benzene rings is 2. The van der Waals surface area contributed by atoms with Crippen LogP contribution in [0.3, 0.4) is 0 Å². The lowest BCUT2D eigenvalue weighted by atomic mass is 10.2. The molecule has 0 aliphatic heterocycles. The van der Waals surface area contributed by atoms with Gasteiger partial charge in [-0.2, -0.15) is 0 Å². The fourth-order valence-electron chi connectivity index (χ4n) is 2.70. The van der Waals surface area contributed by atoms with E-state index in [0.717, 1.165) is 32.0 Å². The van der Waals surface area contributed by atoms with Crippen LogP contribution in [-0.4, -0.2) is 15.3 Å². The van der Waals surface area contributed by atoms with Gasteiger partial charge in [-0.15, -0.1) is 0 Å². The summed E-state index contributed by atoms with van der Waals surface area (Å²) in [5.74, 6) is 0.991. The zero-order chi connectivity index (χ0) is 17.6. The Morgan fingerprint density at radius 3 is 2.68 bits per heavy atom. The van der Waals surface area contributed by atoms with Crippen LogP contribution in [0.2, 0.25) is 0 Å². The van der Waals surface area contributed by atoms with Crippen LogP contribution >= 0.6 is 34.4 Å². The molecule has 3 rings (SSSR count). The highest BCUT2D eigenvalue weighted by atomic mass is 127. The van der Waals surface area contributed by atoms with Gasteiger partial charge in [-0.05, 0) is 52.8 Å². The van der Waals surface area contributed by atoms with Crippen LogP contribution < -0.4 is 5.56 Å². The van der Waals surface area contributed by atoms with Crippen molar-refractivity contribution in [2.75, 3.05) is 5.75 Å². The van der Waals surface area contributed by atoms with E-state index < -0.39 is 0 Å². The monoisotopic (exact) mass is 464 g/mol. The number of nitrogens with zero attached hydrogens (tertiary/aromatic N) is 2. The summed E-state index contributed by atoms with van der Waals surface area (Å²) in [4.78, 5) is 17.9. The van der Waals surface area contributed by atoms with Crippen molar-refractivity contribution >= 4 is 45.3 Å². The molecule has 3 aromatic rings. The first kappa shape index (κ1) is 18.5. The number of halogens is 1. The average molecular weight is 464 g/mol. The van der Waals surface area contributed by atoms with Gasteiger partial charge in [0.2, 0.25) is 0 Å². The molecule has 0 fully saturated rings. The Morgan fingerprint density at radius 1 is 1.12 bits per heavy atom. The Labute approximate surface area is 166 Å². The van der Waals surface area contributed by atoms with E-state index in [1.807, 2.05) is 41.0 Å². The van der Waals surface area contributed by atoms with Crippen molar-refractivity contribution in [1.29, 1.82) is 0 Å². The fourth-order valence-corrected chi connectivity index (χ4v) is 4.19. The van der Waals surface area contributed by atoms with Crippen molar-refractivity contribution in [2.24, 2.45) is 0 Å². The quantitative estimate of drug-likeness (QED) is 0.205. The third kappa shape index (κ3) is 4.64. The molecule has 0 saturated carbocycles. The summed E-state index contributed by atoms with van der Waals surface area (Å²) < 4.78 is 2.88. The van der Waals surface area contributed by atoms with Crippen LogP contribution in [0.5, 0.6) is 0 Å². The van der Waals surface area contributed by atoms with Crippen LogP contribution in [0.4, 0.5) is 0 Å². The van der Waals surface area contributed by atoms with Crippen molar-refractivity contribution in [1.82, 2.24) is 9.55 Å². The molecule has 0 bridgehead atoms. The van der Waals surface area contributed by atoms with E-state index in [1.54, 1.807) is 11.8 Å². The molecule has 0 amide bonds. The van der Waals surface area contributed by atoms with E-state index in [0.29, 0.717) is 11.9 Å². The third-order valence-electron chi connectivity index (χ3n) is 4.04. The van der Waals surface area contributed by atoms with Crippen LogP contribution in [0.25, 0.3) is 10.9 Å². The Kier molecular flexibility index (Phi) is 6.53. The predicted octanol–water partition coefficient (Wildman–Crippen LogP) is 5.33. The third-order valence-corrected chi connectivity index (χ3v) is 5.78. The second kappa shape index (κ2) is 8.85. The molecule has 130 valence electrons. The van der Waals surface area contributed by atoms with E-state index in [9.17, 15) is 4.79 Å². The van der Waals surface area contributed by atoms with Gasteiger partial charge in [0.25, 0.3) is 5.56 Å². The second-order valence-corrected chi connectivity index (χ2v) is 8.30. The van der Waals surface area contributed by atoms with Gasteiger partial charge in [0.1, 0.15) is 0 Å². The summed E-state index contributed by atoms with van der Waals surface area (Å²) in [5.41, 5.74) is 1.95. The van der Waals surface area contributed by atoms with Gasteiger partial charge in [-0.1, -0.05) is 61.9 Å². The lowest BCUT2D eigenvalue weighted by Crippen LogP contribution is -2.24. The topological polar surface area (TPSA) is 34.9 Å². The van der Waals surface area contributed by atoms with Crippen molar-refractivity contribution in [3.63, 3.8) is 0 Å². The molecule has 0 atom stereocenters. The predicted molar refractivity (Wildman–Crippen MR) is 115 cm³/mol. The molecular formula is C20H21IN2OS. The Morgan fingerprint density at radius 2 is 1.92 bits per heavy atom. The van der Waals surface area contributed by atoms with Gasteiger partial charge in [-0.25, -0.2) is 4.98 Å². The first-order valence-corrected chi connectivity index (χ1v) is 10.6. The SMILES string of the molecule is CCCCCSc1nc2ccc(I)cc2c(=O)n1Cc1ccccc1. The summed E-state index contributed by atoms with van der Waals surface area (Å²) in [6.45, 7) is 2.76. The minimum Gasteiger partial charge on any atom is -0.283 e. The molecule has 2 aromatic carbocycles. The molecule has 0 N–H and O–H groups in total. The molecule has 0 saturated heterocycles. The van der Waals surface area contributed by atoms with Gasteiger partial charge in [0.05, 0.1) is 17.4 Å². The molecule has 0 aliphatic rings. The maximum Gasteiger partial charge on any atom is 0.262 e. The largest absolute Gasteiger partial charge is 0.283 e. The second-order valence-electron chi connectivity index (χ2n) is 5.99. The van der Waals surface area contributed by atoms with Crippen LogP contribution in [0, 0.1) is 3.57 Å². The summed E-state index contributed by atoms with van der Waals surface area (Å²) in [5, 5.41) is 1.51. The molecule has 5 heteroatoms. The Balaban J connectivity index is 2.02. The van der Waals surface area contributed by atoms with Crippen molar-refractivity contribution in [2.45, 2.75) is 37.9 Å².